The standard InChI is InChI=1S/C14H18ClN5O2Se/c15-14-18-11(17-7-3-1-2-4-7)9-12(19-14)20(6-16-9)13-10(22)8(21)5-23-13/h6-8,10,13,21-22H,1-5H2,(H,17,18,19)/t8-,10-,13-/m1/s1. The van der Waals surface area contributed by atoms with Crippen LogP contribution in [0, 0.1) is 0 Å². The van der Waals surface area contributed by atoms with E-state index in [-0.39, 0.29) is 25.2 Å². The van der Waals surface area contributed by atoms with E-state index < -0.39 is 12.2 Å². The van der Waals surface area contributed by atoms with Crippen LogP contribution in [0.5, 0.6) is 0 Å². The van der Waals surface area contributed by atoms with Gasteiger partial charge in [0.2, 0.25) is 0 Å². The summed E-state index contributed by atoms with van der Waals surface area (Å²) in [4.78, 5) is 12.9. The predicted molar refractivity (Wildman–Crippen MR) is 87.8 cm³/mol. The van der Waals surface area contributed by atoms with Crippen molar-refractivity contribution in [2.75, 3.05) is 5.32 Å². The van der Waals surface area contributed by atoms with Crippen LogP contribution in [0.15, 0.2) is 6.33 Å². The molecule has 0 radical (unpaired) electrons. The SMILES string of the molecule is O[C@@H]1[C@H](O)C[Se][C@H]1n1cnc2c(NC3CCCC3)nc(Cl)nc21. The van der Waals surface area contributed by atoms with Crippen LogP contribution in [0.4, 0.5) is 5.82 Å². The molecular formula is C14H18ClN5O2Se. The third kappa shape index (κ3) is 2.83. The number of aromatic nitrogens is 4. The first-order valence-electron chi connectivity index (χ1n) is 7.78. The molecule has 0 unspecified atom stereocenters. The Kier molecular flexibility index (Phi) is 4.19. The molecule has 124 valence electrons. The average Bonchev–Trinajstić information content (AvgIpc) is 3.22. The molecule has 2 fully saturated rings. The van der Waals surface area contributed by atoms with Crippen LogP contribution in [-0.4, -0.2) is 62.9 Å². The van der Waals surface area contributed by atoms with Gasteiger partial charge >= 0.3 is 144 Å². The Balaban J connectivity index is 1.72. The van der Waals surface area contributed by atoms with E-state index in [1.54, 1.807) is 6.33 Å². The van der Waals surface area contributed by atoms with E-state index in [1.807, 2.05) is 4.57 Å². The van der Waals surface area contributed by atoms with E-state index in [9.17, 15) is 10.2 Å². The molecule has 3 atom stereocenters. The molecule has 2 aliphatic rings. The fourth-order valence-electron chi connectivity index (χ4n) is 3.27. The Bertz CT molecular complexity index is 721. The molecule has 0 amide bonds. The summed E-state index contributed by atoms with van der Waals surface area (Å²) in [5, 5.41) is 24.2. The fourth-order valence-corrected chi connectivity index (χ4v) is 6.13. The summed E-state index contributed by atoms with van der Waals surface area (Å²) in [7, 11) is 0. The molecule has 1 saturated carbocycles. The van der Waals surface area contributed by atoms with Gasteiger partial charge in [0.25, 0.3) is 0 Å². The molecule has 1 aliphatic heterocycles. The first-order valence-corrected chi connectivity index (χ1v) is 10.4. The molecule has 3 heterocycles. The number of aliphatic hydroxyl groups is 2. The van der Waals surface area contributed by atoms with Crippen molar-refractivity contribution in [3.05, 3.63) is 11.6 Å². The molecule has 23 heavy (non-hydrogen) atoms. The third-order valence-corrected chi connectivity index (χ3v) is 7.56. The second-order valence-corrected chi connectivity index (χ2v) is 8.82. The van der Waals surface area contributed by atoms with Gasteiger partial charge < -0.3 is 0 Å². The van der Waals surface area contributed by atoms with Gasteiger partial charge in [-0.2, -0.15) is 0 Å². The van der Waals surface area contributed by atoms with Gasteiger partial charge in [0.05, 0.1) is 0 Å². The number of rotatable bonds is 3. The number of nitrogens with one attached hydrogen (secondary N) is 1. The molecule has 7 nitrogen and oxygen atoms in total. The summed E-state index contributed by atoms with van der Waals surface area (Å²) >= 11 is 6.19. The summed E-state index contributed by atoms with van der Waals surface area (Å²) in [6, 6.07) is 0.400. The topological polar surface area (TPSA) is 96.1 Å². The number of aliphatic hydroxyl groups excluding tert-OH is 2. The first-order chi connectivity index (χ1) is 11.1. The number of hydrogen-bond donors (Lipinski definition) is 3. The number of imidazole rings is 1. The molecule has 0 spiro atoms. The fraction of sp³-hybridized carbons (Fsp3) is 0.643. The molecule has 0 bridgehead atoms. The molecular weight excluding hydrogens is 385 g/mol. The predicted octanol–water partition coefficient (Wildman–Crippen LogP) is 1.19. The summed E-state index contributed by atoms with van der Waals surface area (Å²) < 4.78 is 1.84. The van der Waals surface area contributed by atoms with E-state index >= 15 is 0 Å². The summed E-state index contributed by atoms with van der Waals surface area (Å²) in [5.74, 6) is 0.659. The maximum atomic E-state index is 10.2. The van der Waals surface area contributed by atoms with Gasteiger partial charge in [-0.15, -0.1) is 0 Å². The zero-order valence-corrected chi connectivity index (χ0v) is 14.9. The molecule has 2 aromatic heterocycles. The molecule has 1 aliphatic carbocycles. The Hall–Kier alpha value is -0.921. The molecule has 2 aromatic rings. The minimum atomic E-state index is -0.785. The quantitative estimate of drug-likeness (QED) is 0.527. The second kappa shape index (κ2) is 6.18. The van der Waals surface area contributed by atoms with Crippen LogP contribution in [0.3, 0.4) is 0 Å². The van der Waals surface area contributed by atoms with E-state index in [2.05, 4.69) is 20.3 Å². The number of fused-ring (bicyclic) bond motifs is 1. The Morgan fingerprint density at radius 1 is 1.26 bits per heavy atom. The number of halogens is 1. The third-order valence-electron chi connectivity index (χ3n) is 4.49. The van der Waals surface area contributed by atoms with Crippen LogP contribution < -0.4 is 5.32 Å². The number of anilines is 1. The molecule has 9 heteroatoms. The van der Waals surface area contributed by atoms with Crippen LogP contribution >= 0.6 is 11.6 Å². The van der Waals surface area contributed by atoms with Gasteiger partial charge in [0.1, 0.15) is 0 Å². The van der Waals surface area contributed by atoms with Crippen molar-refractivity contribution in [1.29, 1.82) is 0 Å². The zero-order chi connectivity index (χ0) is 16.0. The average molecular weight is 403 g/mol. The van der Waals surface area contributed by atoms with Gasteiger partial charge in [-0.1, -0.05) is 0 Å². The summed E-state index contributed by atoms with van der Waals surface area (Å²) in [6.07, 6.45) is 4.91. The van der Waals surface area contributed by atoms with Crippen molar-refractivity contribution < 1.29 is 10.2 Å². The van der Waals surface area contributed by atoms with Crippen LogP contribution in [0.25, 0.3) is 11.2 Å². The first kappa shape index (κ1) is 15.6. The van der Waals surface area contributed by atoms with Gasteiger partial charge in [-0.05, 0) is 0 Å². The molecule has 1 saturated heterocycles. The van der Waals surface area contributed by atoms with Crippen LogP contribution in [0.1, 0.15) is 30.6 Å². The molecule has 0 aromatic carbocycles. The van der Waals surface area contributed by atoms with Crippen LogP contribution in [0.2, 0.25) is 10.6 Å². The van der Waals surface area contributed by atoms with Gasteiger partial charge in [-0.25, -0.2) is 0 Å². The van der Waals surface area contributed by atoms with Gasteiger partial charge in [0, 0.05) is 0 Å². The summed E-state index contributed by atoms with van der Waals surface area (Å²) in [6.45, 7) is 0. The van der Waals surface area contributed by atoms with E-state index in [4.69, 9.17) is 11.6 Å². The van der Waals surface area contributed by atoms with Crippen molar-refractivity contribution in [1.82, 2.24) is 19.5 Å². The van der Waals surface area contributed by atoms with Crippen molar-refractivity contribution in [2.45, 2.75) is 54.2 Å². The second-order valence-electron chi connectivity index (χ2n) is 6.07. The van der Waals surface area contributed by atoms with E-state index in [0.29, 0.717) is 28.3 Å². The van der Waals surface area contributed by atoms with E-state index in [0.717, 1.165) is 12.8 Å². The zero-order valence-electron chi connectivity index (χ0n) is 12.4. The van der Waals surface area contributed by atoms with Crippen molar-refractivity contribution in [3.63, 3.8) is 0 Å². The van der Waals surface area contributed by atoms with Crippen LogP contribution in [-0.2, 0) is 0 Å². The normalized spacial score (nSPS) is 28.7. The monoisotopic (exact) mass is 403 g/mol. The van der Waals surface area contributed by atoms with Gasteiger partial charge in [-0.3, -0.25) is 0 Å². The van der Waals surface area contributed by atoms with Crippen molar-refractivity contribution in [3.8, 4) is 0 Å². The van der Waals surface area contributed by atoms with Crippen molar-refractivity contribution >= 4 is 43.5 Å². The number of hydrogen-bond acceptors (Lipinski definition) is 6. The van der Waals surface area contributed by atoms with E-state index in [1.165, 1.54) is 12.8 Å². The van der Waals surface area contributed by atoms with Crippen molar-refractivity contribution in [2.24, 2.45) is 0 Å². The summed E-state index contributed by atoms with van der Waals surface area (Å²) in [5.41, 5.74) is 1.29. The minimum absolute atomic E-state index is 0.0862. The maximum absolute atomic E-state index is 10.2. The van der Waals surface area contributed by atoms with Gasteiger partial charge in [0.15, 0.2) is 0 Å². The Labute approximate surface area is 144 Å². The molecule has 3 N–H and O–H groups in total. The Morgan fingerprint density at radius 3 is 2.74 bits per heavy atom. The Morgan fingerprint density at radius 2 is 2.04 bits per heavy atom. The number of nitrogens with zero attached hydrogens (tertiary/aromatic N) is 4. The molecule has 4 rings (SSSR count).